The van der Waals surface area contributed by atoms with Gasteiger partial charge in [0.1, 0.15) is 11.4 Å². The van der Waals surface area contributed by atoms with E-state index < -0.39 is 29.7 Å². The fourth-order valence-electron chi connectivity index (χ4n) is 3.74. The number of amides is 2. The van der Waals surface area contributed by atoms with Crippen LogP contribution >= 0.6 is 0 Å². The molecule has 2 aliphatic heterocycles. The zero-order chi connectivity index (χ0) is 24.1. The number of hydrogen-bond donors (Lipinski definition) is 0. The third kappa shape index (κ3) is 4.93. The Bertz CT molecular complexity index is 883. The number of ether oxygens (including phenoxy) is 1. The van der Waals surface area contributed by atoms with E-state index in [1.54, 1.807) is 9.80 Å². The van der Waals surface area contributed by atoms with Gasteiger partial charge in [-0.15, -0.1) is 0 Å². The van der Waals surface area contributed by atoms with Crippen LogP contribution in [0.15, 0.2) is 18.2 Å². The van der Waals surface area contributed by atoms with Gasteiger partial charge in [0, 0.05) is 36.7 Å². The highest BCUT2D eigenvalue weighted by Gasteiger charge is 2.52. The molecular weight excluding hydrogens is 414 g/mol. The van der Waals surface area contributed by atoms with Crippen LogP contribution in [0.2, 0.25) is 0 Å². The molecule has 2 amide bonds. The molecule has 32 heavy (non-hydrogen) atoms. The van der Waals surface area contributed by atoms with Gasteiger partial charge in [0.15, 0.2) is 0 Å². The molecule has 1 atom stereocenters. The van der Waals surface area contributed by atoms with E-state index in [2.05, 4.69) is 0 Å². The van der Waals surface area contributed by atoms with E-state index in [1.807, 2.05) is 55.4 Å². The van der Waals surface area contributed by atoms with Crippen LogP contribution in [0, 0.1) is 5.82 Å². The molecule has 2 heterocycles. The van der Waals surface area contributed by atoms with Gasteiger partial charge in [-0.25, -0.2) is 9.18 Å². The Labute approximate surface area is 190 Å². The van der Waals surface area contributed by atoms with Crippen molar-refractivity contribution in [3.05, 3.63) is 29.6 Å². The fourth-order valence-corrected chi connectivity index (χ4v) is 3.74. The smallest absolute Gasteiger partial charge is 0.444 e. The highest BCUT2D eigenvalue weighted by atomic mass is 19.1. The maximum atomic E-state index is 14.6. The summed E-state index contributed by atoms with van der Waals surface area (Å²) in [4.78, 5) is 28.9. The molecule has 0 aromatic heterocycles. The number of carbonyl (C=O) groups excluding carboxylic acids is 2. The number of hydrogen-bond acceptors (Lipinski definition) is 5. The van der Waals surface area contributed by atoms with E-state index in [-0.39, 0.29) is 23.5 Å². The van der Waals surface area contributed by atoms with Crippen molar-refractivity contribution in [3.63, 3.8) is 0 Å². The van der Waals surface area contributed by atoms with Crippen LogP contribution in [0.25, 0.3) is 0 Å². The van der Waals surface area contributed by atoms with Crippen molar-refractivity contribution in [2.75, 3.05) is 19.6 Å². The summed E-state index contributed by atoms with van der Waals surface area (Å²) in [6, 6.07) is 4.04. The van der Waals surface area contributed by atoms with Crippen LogP contribution in [0.5, 0.6) is 0 Å². The summed E-state index contributed by atoms with van der Waals surface area (Å²) in [5, 5.41) is 0. The molecule has 0 aliphatic carbocycles. The Morgan fingerprint density at radius 1 is 1.12 bits per heavy atom. The zero-order valence-corrected chi connectivity index (χ0v) is 20.3. The first-order valence-electron chi connectivity index (χ1n) is 11.1. The van der Waals surface area contributed by atoms with E-state index in [0.29, 0.717) is 25.2 Å². The Balaban J connectivity index is 1.73. The molecule has 0 radical (unpaired) electrons. The summed E-state index contributed by atoms with van der Waals surface area (Å²) < 4.78 is 32.0. The molecule has 0 bridgehead atoms. The Hall–Kier alpha value is -2.13. The van der Waals surface area contributed by atoms with E-state index >= 15 is 0 Å². The molecule has 0 spiro atoms. The van der Waals surface area contributed by atoms with E-state index in [4.69, 9.17) is 14.0 Å². The molecule has 2 saturated heterocycles. The predicted molar refractivity (Wildman–Crippen MR) is 120 cm³/mol. The van der Waals surface area contributed by atoms with E-state index in [1.165, 1.54) is 18.2 Å². The first kappa shape index (κ1) is 24.5. The van der Waals surface area contributed by atoms with Crippen LogP contribution in [0.4, 0.5) is 9.18 Å². The molecule has 1 aromatic carbocycles. The minimum absolute atomic E-state index is 0.203. The standard InChI is InChI=1S/C23H34BFN2O5/c1-15-14-26(11-12-27(15)20(29)30-21(2,3)4)19(28)16-9-10-18(25)17(13-16)24-31-22(5,6)23(7,8)32-24/h9-10,13,15H,11-12,14H2,1-8H3/t15-/m1/s1. The molecule has 2 fully saturated rings. The summed E-state index contributed by atoms with van der Waals surface area (Å²) in [6.07, 6.45) is -0.387. The summed E-state index contributed by atoms with van der Waals surface area (Å²) in [5.74, 6) is -0.707. The van der Waals surface area contributed by atoms with Crippen molar-refractivity contribution in [1.29, 1.82) is 0 Å². The normalized spacial score (nSPS) is 22.8. The second-order valence-electron chi connectivity index (χ2n) is 10.6. The summed E-state index contributed by atoms with van der Waals surface area (Å²) in [6.45, 7) is 16.0. The molecule has 3 rings (SSSR count). The van der Waals surface area contributed by atoms with Gasteiger partial charge in [0.2, 0.25) is 0 Å². The van der Waals surface area contributed by atoms with Crippen LogP contribution in [0.1, 0.15) is 65.7 Å². The topological polar surface area (TPSA) is 68.3 Å². The average Bonchev–Trinajstić information content (AvgIpc) is 2.87. The number of rotatable bonds is 2. The molecular formula is C23H34BFN2O5. The van der Waals surface area contributed by atoms with Gasteiger partial charge in [-0.2, -0.15) is 0 Å². The van der Waals surface area contributed by atoms with E-state index in [9.17, 15) is 14.0 Å². The van der Waals surface area contributed by atoms with Gasteiger partial charge < -0.3 is 23.8 Å². The Morgan fingerprint density at radius 3 is 2.25 bits per heavy atom. The van der Waals surface area contributed by atoms with Crippen molar-refractivity contribution < 1.29 is 28.0 Å². The minimum Gasteiger partial charge on any atom is -0.444 e. The minimum atomic E-state index is -0.893. The molecule has 0 saturated carbocycles. The second-order valence-corrected chi connectivity index (χ2v) is 10.6. The number of carbonyl (C=O) groups is 2. The first-order chi connectivity index (χ1) is 14.6. The number of halogens is 1. The lowest BCUT2D eigenvalue weighted by Gasteiger charge is -2.40. The monoisotopic (exact) mass is 448 g/mol. The molecule has 0 N–H and O–H groups in total. The first-order valence-corrected chi connectivity index (χ1v) is 11.1. The van der Waals surface area contributed by atoms with Gasteiger partial charge >= 0.3 is 13.2 Å². The summed E-state index contributed by atoms with van der Waals surface area (Å²) >= 11 is 0. The molecule has 0 unspecified atom stereocenters. The molecule has 9 heteroatoms. The van der Waals surface area contributed by atoms with Crippen molar-refractivity contribution in [1.82, 2.24) is 9.80 Å². The second kappa shape index (κ2) is 8.34. The summed E-state index contributed by atoms with van der Waals surface area (Å²) in [5.41, 5.74) is -1.25. The lowest BCUT2D eigenvalue weighted by molar-refractivity contribution is 0.00198. The maximum absolute atomic E-state index is 14.6. The predicted octanol–water partition coefficient (Wildman–Crippen LogP) is 3.21. The van der Waals surface area contributed by atoms with Gasteiger partial charge in [0.05, 0.1) is 11.2 Å². The highest BCUT2D eigenvalue weighted by molar-refractivity contribution is 6.62. The van der Waals surface area contributed by atoms with Crippen molar-refractivity contribution in [2.24, 2.45) is 0 Å². The van der Waals surface area contributed by atoms with Crippen LogP contribution < -0.4 is 5.46 Å². The quantitative estimate of drug-likeness (QED) is 0.651. The third-order valence-electron chi connectivity index (χ3n) is 6.29. The lowest BCUT2D eigenvalue weighted by Crippen LogP contribution is -2.56. The summed E-state index contributed by atoms with van der Waals surface area (Å²) in [7, 11) is -0.893. The zero-order valence-electron chi connectivity index (χ0n) is 20.3. The molecule has 2 aliphatic rings. The van der Waals surface area contributed by atoms with Crippen molar-refractivity contribution >= 4 is 24.6 Å². The Morgan fingerprint density at radius 2 is 1.72 bits per heavy atom. The van der Waals surface area contributed by atoms with Gasteiger partial charge in [-0.1, -0.05) is 0 Å². The fraction of sp³-hybridized carbons (Fsp3) is 0.652. The van der Waals surface area contributed by atoms with Gasteiger partial charge in [-0.05, 0) is 73.6 Å². The molecule has 1 aromatic rings. The van der Waals surface area contributed by atoms with Gasteiger partial charge in [-0.3, -0.25) is 4.79 Å². The number of benzene rings is 1. The Kier molecular flexibility index (Phi) is 6.39. The molecule has 176 valence electrons. The van der Waals surface area contributed by atoms with Crippen LogP contribution in [-0.2, 0) is 14.0 Å². The van der Waals surface area contributed by atoms with E-state index in [0.717, 1.165) is 0 Å². The average molecular weight is 448 g/mol. The third-order valence-corrected chi connectivity index (χ3v) is 6.29. The van der Waals surface area contributed by atoms with Gasteiger partial charge in [0.25, 0.3) is 5.91 Å². The largest absolute Gasteiger partial charge is 0.497 e. The maximum Gasteiger partial charge on any atom is 0.497 e. The lowest BCUT2D eigenvalue weighted by atomic mass is 9.78. The van der Waals surface area contributed by atoms with Crippen molar-refractivity contribution in [2.45, 2.75) is 78.2 Å². The van der Waals surface area contributed by atoms with Crippen LogP contribution in [0.3, 0.4) is 0 Å². The van der Waals surface area contributed by atoms with Crippen LogP contribution in [-0.4, -0.2) is 71.4 Å². The SMILES string of the molecule is C[C@@H]1CN(C(=O)c2ccc(F)c(B3OC(C)(C)C(C)(C)O3)c2)CCN1C(=O)OC(C)(C)C. The highest BCUT2D eigenvalue weighted by Crippen LogP contribution is 2.36. The number of piperazine rings is 1. The number of nitrogens with zero attached hydrogens (tertiary/aromatic N) is 2. The van der Waals surface area contributed by atoms with Crippen molar-refractivity contribution in [3.8, 4) is 0 Å². The molecule has 7 nitrogen and oxygen atoms in total.